The van der Waals surface area contributed by atoms with Crippen molar-refractivity contribution in [2.24, 2.45) is 0 Å². The number of nitrogens with one attached hydrogen (secondary N) is 1. The Labute approximate surface area is 214 Å². The summed E-state index contributed by atoms with van der Waals surface area (Å²) in [7, 11) is 0. The van der Waals surface area contributed by atoms with Crippen LogP contribution in [0.15, 0.2) is 83.0 Å². The van der Waals surface area contributed by atoms with Crippen LogP contribution in [-0.2, 0) is 6.54 Å². The van der Waals surface area contributed by atoms with E-state index in [1.165, 1.54) is 12.1 Å². The third-order valence-electron chi connectivity index (χ3n) is 6.32. The monoisotopic (exact) mass is 498 g/mol. The SMILES string of the molecule is CCOc1ccc(C2NC(=O)N(Cc3ccc(C)cc3)C(C)=C2c2nc(-c3cccc(F)c3)no2)cc1. The fraction of sp³-hybridized carbons (Fsp3) is 0.207. The van der Waals surface area contributed by atoms with Crippen molar-refractivity contribution in [1.82, 2.24) is 20.4 Å². The maximum absolute atomic E-state index is 13.8. The first-order chi connectivity index (χ1) is 17.9. The molecule has 0 saturated carbocycles. The highest BCUT2D eigenvalue weighted by Crippen LogP contribution is 2.38. The van der Waals surface area contributed by atoms with Gasteiger partial charge in [-0.3, -0.25) is 4.90 Å². The summed E-state index contributed by atoms with van der Waals surface area (Å²) in [6.45, 7) is 6.75. The van der Waals surface area contributed by atoms with Gasteiger partial charge in [0.1, 0.15) is 11.6 Å². The van der Waals surface area contributed by atoms with Gasteiger partial charge in [0.15, 0.2) is 0 Å². The van der Waals surface area contributed by atoms with E-state index in [9.17, 15) is 9.18 Å². The van der Waals surface area contributed by atoms with Crippen molar-refractivity contribution >= 4 is 11.6 Å². The lowest BCUT2D eigenvalue weighted by Crippen LogP contribution is -2.45. The Kier molecular flexibility index (Phi) is 6.72. The molecule has 0 fully saturated rings. The van der Waals surface area contributed by atoms with E-state index in [-0.39, 0.29) is 23.6 Å². The molecular formula is C29H27FN4O3. The number of carbonyl (C=O) groups excluding carboxylic acids is 1. The summed E-state index contributed by atoms with van der Waals surface area (Å²) in [5.74, 6) is 0.871. The lowest BCUT2D eigenvalue weighted by molar-refractivity contribution is 0.203. The van der Waals surface area contributed by atoms with Crippen molar-refractivity contribution in [2.75, 3.05) is 6.61 Å². The van der Waals surface area contributed by atoms with Gasteiger partial charge in [-0.1, -0.05) is 59.3 Å². The summed E-state index contributed by atoms with van der Waals surface area (Å²) in [4.78, 5) is 19.6. The lowest BCUT2D eigenvalue weighted by atomic mass is 9.94. The quantitative estimate of drug-likeness (QED) is 0.324. The van der Waals surface area contributed by atoms with Crippen molar-refractivity contribution in [3.8, 4) is 17.1 Å². The van der Waals surface area contributed by atoms with Crippen LogP contribution >= 0.6 is 0 Å². The van der Waals surface area contributed by atoms with E-state index < -0.39 is 6.04 Å². The van der Waals surface area contributed by atoms with Gasteiger partial charge in [-0.25, -0.2) is 9.18 Å². The molecule has 0 spiro atoms. The number of benzene rings is 3. The number of ether oxygens (including phenoxy) is 1. The topological polar surface area (TPSA) is 80.5 Å². The number of allylic oxidation sites excluding steroid dienone is 1. The highest BCUT2D eigenvalue weighted by molar-refractivity contribution is 5.87. The molecule has 0 aliphatic carbocycles. The Morgan fingerprint density at radius 1 is 1.05 bits per heavy atom. The van der Waals surface area contributed by atoms with Gasteiger partial charge in [0.25, 0.3) is 5.89 Å². The van der Waals surface area contributed by atoms with Crippen molar-refractivity contribution in [3.05, 3.63) is 107 Å². The van der Waals surface area contributed by atoms with E-state index >= 15 is 0 Å². The average molecular weight is 499 g/mol. The molecule has 1 atom stereocenters. The minimum Gasteiger partial charge on any atom is -0.494 e. The Morgan fingerprint density at radius 3 is 2.51 bits per heavy atom. The second-order valence-electron chi connectivity index (χ2n) is 8.89. The number of carbonyl (C=O) groups is 1. The molecule has 0 saturated heterocycles. The first-order valence-corrected chi connectivity index (χ1v) is 12.1. The zero-order chi connectivity index (χ0) is 25.9. The maximum atomic E-state index is 13.8. The molecule has 3 aromatic carbocycles. The molecule has 37 heavy (non-hydrogen) atoms. The van der Waals surface area contributed by atoms with Crippen LogP contribution in [0.2, 0.25) is 0 Å². The summed E-state index contributed by atoms with van der Waals surface area (Å²) in [5, 5.41) is 7.21. The first-order valence-electron chi connectivity index (χ1n) is 12.1. The highest BCUT2D eigenvalue weighted by Gasteiger charge is 2.35. The summed E-state index contributed by atoms with van der Waals surface area (Å²) in [6, 6.07) is 20.8. The third kappa shape index (κ3) is 5.09. The van der Waals surface area contributed by atoms with Crippen LogP contribution in [-0.4, -0.2) is 27.7 Å². The van der Waals surface area contributed by atoms with Crippen molar-refractivity contribution in [1.29, 1.82) is 0 Å². The summed E-state index contributed by atoms with van der Waals surface area (Å²) < 4.78 is 25.1. The number of hydrogen-bond acceptors (Lipinski definition) is 5. The molecule has 0 radical (unpaired) electrons. The third-order valence-corrected chi connectivity index (χ3v) is 6.32. The molecule has 0 bridgehead atoms. The van der Waals surface area contributed by atoms with Crippen LogP contribution in [0.1, 0.15) is 42.5 Å². The summed E-state index contributed by atoms with van der Waals surface area (Å²) in [6.07, 6.45) is 0. The highest BCUT2D eigenvalue weighted by atomic mass is 19.1. The van der Waals surface area contributed by atoms with E-state index in [1.54, 1.807) is 17.0 Å². The van der Waals surface area contributed by atoms with E-state index in [0.717, 1.165) is 22.4 Å². The predicted molar refractivity (Wildman–Crippen MR) is 138 cm³/mol. The molecule has 2 heterocycles. The molecule has 2 amide bonds. The molecular weight excluding hydrogens is 471 g/mol. The van der Waals surface area contributed by atoms with Crippen LogP contribution in [0.3, 0.4) is 0 Å². The Morgan fingerprint density at radius 2 is 1.81 bits per heavy atom. The molecule has 8 heteroatoms. The Balaban J connectivity index is 1.57. The maximum Gasteiger partial charge on any atom is 0.322 e. The van der Waals surface area contributed by atoms with Gasteiger partial charge in [0, 0.05) is 11.3 Å². The molecule has 1 aromatic heterocycles. The van der Waals surface area contributed by atoms with Gasteiger partial charge in [-0.05, 0) is 56.2 Å². The number of urea groups is 1. The van der Waals surface area contributed by atoms with Crippen molar-refractivity contribution < 1.29 is 18.4 Å². The van der Waals surface area contributed by atoms with E-state index in [2.05, 4.69) is 15.5 Å². The standard InChI is InChI=1S/C29H27FN4O3/c1-4-36-24-14-12-21(13-15-24)26-25(28-32-27(33-37-28)22-6-5-7-23(30)16-22)19(3)34(29(35)31-26)17-20-10-8-18(2)9-11-20/h5-16,26H,4,17H2,1-3H3,(H,31,35). The van der Waals surface area contributed by atoms with Gasteiger partial charge in [0.05, 0.1) is 24.8 Å². The fourth-order valence-corrected chi connectivity index (χ4v) is 4.38. The van der Waals surface area contributed by atoms with Gasteiger partial charge in [-0.2, -0.15) is 4.98 Å². The van der Waals surface area contributed by atoms with Crippen LogP contribution in [0.25, 0.3) is 17.0 Å². The number of rotatable bonds is 7. The minimum atomic E-state index is -0.529. The molecule has 1 N–H and O–H groups in total. The van der Waals surface area contributed by atoms with Crippen LogP contribution < -0.4 is 10.1 Å². The second-order valence-corrected chi connectivity index (χ2v) is 8.89. The van der Waals surface area contributed by atoms with Gasteiger partial charge < -0.3 is 14.6 Å². The minimum absolute atomic E-state index is 0.231. The second kappa shape index (κ2) is 10.3. The van der Waals surface area contributed by atoms with Gasteiger partial charge >= 0.3 is 6.03 Å². The molecule has 1 aliphatic heterocycles. The molecule has 1 unspecified atom stereocenters. The van der Waals surface area contributed by atoms with E-state index in [0.29, 0.717) is 30.0 Å². The van der Waals surface area contributed by atoms with E-state index in [4.69, 9.17) is 9.26 Å². The number of aromatic nitrogens is 2. The van der Waals surface area contributed by atoms with E-state index in [1.807, 2.05) is 69.3 Å². The zero-order valence-electron chi connectivity index (χ0n) is 20.9. The number of aryl methyl sites for hydroxylation is 1. The Bertz CT molecular complexity index is 1440. The Hall–Kier alpha value is -4.46. The number of nitrogens with zero attached hydrogens (tertiary/aromatic N) is 3. The van der Waals surface area contributed by atoms with Crippen molar-refractivity contribution in [2.45, 2.75) is 33.4 Å². The van der Waals surface area contributed by atoms with Crippen LogP contribution in [0.5, 0.6) is 5.75 Å². The van der Waals surface area contributed by atoms with Crippen LogP contribution in [0.4, 0.5) is 9.18 Å². The molecule has 188 valence electrons. The smallest absolute Gasteiger partial charge is 0.322 e. The molecule has 1 aliphatic rings. The fourth-order valence-electron chi connectivity index (χ4n) is 4.38. The lowest BCUT2D eigenvalue weighted by Gasteiger charge is -2.35. The van der Waals surface area contributed by atoms with Gasteiger partial charge in [0.2, 0.25) is 5.82 Å². The summed E-state index contributed by atoms with van der Waals surface area (Å²) in [5.41, 5.74) is 4.84. The number of hydrogen-bond donors (Lipinski definition) is 1. The zero-order valence-corrected chi connectivity index (χ0v) is 20.9. The normalized spacial score (nSPS) is 15.6. The molecule has 7 nitrogen and oxygen atoms in total. The van der Waals surface area contributed by atoms with Gasteiger partial charge in [-0.15, -0.1) is 0 Å². The predicted octanol–water partition coefficient (Wildman–Crippen LogP) is 6.28. The summed E-state index contributed by atoms with van der Waals surface area (Å²) >= 11 is 0. The van der Waals surface area contributed by atoms with Crippen molar-refractivity contribution in [3.63, 3.8) is 0 Å². The molecule has 5 rings (SSSR count). The first kappa shape index (κ1) is 24.2. The average Bonchev–Trinajstić information content (AvgIpc) is 3.38. The number of amides is 2. The number of halogens is 1. The largest absolute Gasteiger partial charge is 0.494 e. The van der Waals surface area contributed by atoms with Crippen LogP contribution in [0, 0.1) is 12.7 Å². The molecule has 4 aromatic rings.